The molecule has 2 heterocycles. The van der Waals surface area contributed by atoms with Crippen LogP contribution in [-0.4, -0.2) is 14.1 Å². The van der Waals surface area contributed by atoms with Gasteiger partial charge in [-0.1, -0.05) is 0 Å². The lowest BCUT2D eigenvalue weighted by Crippen LogP contribution is -2.23. The fourth-order valence-corrected chi connectivity index (χ4v) is 1.57. The van der Waals surface area contributed by atoms with E-state index in [1.54, 1.807) is 21.5 Å². The number of oxazole rings is 1. The van der Waals surface area contributed by atoms with Crippen molar-refractivity contribution >= 4 is 0 Å². The molecule has 0 amide bonds. The van der Waals surface area contributed by atoms with Crippen molar-refractivity contribution in [2.45, 2.75) is 33.9 Å². The van der Waals surface area contributed by atoms with Gasteiger partial charge in [0.1, 0.15) is 12.3 Å². The van der Waals surface area contributed by atoms with Gasteiger partial charge in [0, 0.05) is 18.9 Å². The zero-order valence-corrected chi connectivity index (χ0v) is 9.73. The molecule has 0 saturated carbocycles. The summed E-state index contributed by atoms with van der Waals surface area (Å²) in [4.78, 5) is 16.0. The second-order valence-electron chi connectivity index (χ2n) is 3.74. The van der Waals surface area contributed by atoms with Gasteiger partial charge < -0.3 is 4.42 Å². The zero-order chi connectivity index (χ0) is 11.7. The van der Waals surface area contributed by atoms with Gasteiger partial charge in [0.25, 0.3) is 0 Å². The van der Waals surface area contributed by atoms with Crippen LogP contribution in [-0.2, 0) is 13.1 Å². The first-order chi connectivity index (χ1) is 7.61. The van der Waals surface area contributed by atoms with E-state index >= 15 is 0 Å². The molecule has 5 nitrogen and oxygen atoms in total. The van der Waals surface area contributed by atoms with Gasteiger partial charge in [0.2, 0.25) is 5.89 Å². The molecule has 0 atom stereocenters. The molecule has 0 unspecified atom stereocenters. The van der Waals surface area contributed by atoms with Gasteiger partial charge in [-0.05, 0) is 20.8 Å². The number of aryl methyl sites for hydroxylation is 3. The molecular formula is C11H15N3O2. The lowest BCUT2D eigenvalue weighted by Gasteiger charge is -1.96. The number of hydrogen-bond donors (Lipinski definition) is 0. The summed E-state index contributed by atoms with van der Waals surface area (Å²) in [5, 5.41) is 0. The Morgan fingerprint density at radius 1 is 1.31 bits per heavy atom. The maximum Gasteiger partial charge on any atom is 0.328 e. The first-order valence-corrected chi connectivity index (χ1v) is 5.30. The van der Waals surface area contributed by atoms with Crippen molar-refractivity contribution in [3.8, 4) is 0 Å². The van der Waals surface area contributed by atoms with Gasteiger partial charge in [-0.15, -0.1) is 0 Å². The molecule has 2 aromatic rings. The van der Waals surface area contributed by atoms with E-state index in [4.69, 9.17) is 4.42 Å². The van der Waals surface area contributed by atoms with Crippen LogP contribution in [0.4, 0.5) is 0 Å². The average Bonchev–Trinajstić information content (AvgIpc) is 2.74. The third kappa shape index (κ3) is 1.80. The molecule has 2 aromatic heterocycles. The number of hydrogen-bond acceptors (Lipinski definition) is 3. The highest BCUT2D eigenvalue weighted by Gasteiger charge is 2.08. The van der Waals surface area contributed by atoms with Crippen molar-refractivity contribution < 1.29 is 4.42 Å². The minimum Gasteiger partial charge on any atom is -0.444 e. The average molecular weight is 221 g/mol. The van der Waals surface area contributed by atoms with Crippen LogP contribution in [0.25, 0.3) is 0 Å². The van der Waals surface area contributed by atoms with Gasteiger partial charge in [-0.2, -0.15) is 0 Å². The molecule has 86 valence electrons. The molecular weight excluding hydrogens is 206 g/mol. The van der Waals surface area contributed by atoms with Gasteiger partial charge in [0.05, 0.1) is 5.69 Å². The predicted molar refractivity (Wildman–Crippen MR) is 59.4 cm³/mol. The molecule has 0 aliphatic heterocycles. The molecule has 0 fully saturated rings. The van der Waals surface area contributed by atoms with E-state index in [2.05, 4.69) is 4.98 Å². The fraction of sp³-hybridized carbons (Fsp3) is 0.455. The van der Waals surface area contributed by atoms with E-state index in [9.17, 15) is 4.79 Å². The van der Waals surface area contributed by atoms with E-state index in [0.29, 0.717) is 19.0 Å². The van der Waals surface area contributed by atoms with Gasteiger partial charge in [0.15, 0.2) is 0 Å². The highest BCUT2D eigenvalue weighted by Crippen LogP contribution is 2.08. The second-order valence-corrected chi connectivity index (χ2v) is 3.74. The Labute approximate surface area is 93.3 Å². The van der Waals surface area contributed by atoms with Crippen molar-refractivity contribution in [3.05, 3.63) is 40.2 Å². The van der Waals surface area contributed by atoms with Crippen molar-refractivity contribution in [2.24, 2.45) is 0 Å². The summed E-state index contributed by atoms with van der Waals surface area (Å²) < 4.78 is 8.67. The Bertz CT molecular complexity index is 528. The highest BCUT2D eigenvalue weighted by atomic mass is 16.4. The molecule has 5 heteroatoms. The van der Waals surface area contributed by atoms with Crippen LogP contribution in [0.2, 0.25) is 0 Å². The molecule has 0 saturated heterocycles. The predicted octanol–water partition coefficient (Wildman–Crippen LogP) is 1.32. The van der Waals surface area contributed by atoms with Crippen molar-refractivity contribution in [1.29, 1.82) is 0 Å². The van der Waals surface area contributed by atoms with Crippen molar-refractivity contribution in [3.63, 3.8) is 0 Å². The van der Waals surface area contributed by atoms with Crippen LogP contribution in [0.15, 0.2) is 21.6 Å². The minimum atomic E-state index is -0.0315. The van der Waals surface area contributed by atoms with Crippen LogP contribution in [0, 0.1) is 13.8 Å². The Kier molecular flexibility index (Phi) is 2.68. The van der Waals surface area contributed by atoms with Crippen molar-refractivity contribution in [2.75, 3.05) is 0 Å². The lowest BCUT2D eigenvalue weighted by molar-refractivity contribution is 0.452. The summed E-state index contributed by atoms with van der Waals surface area (Å²) in [5.74, 6) is 1.38. The lowest BCUT2D eigenvalue weighted by atomic mass is 10.4. The fourth-order valence-electron chi connectivity index (χ4n) is 1.57. The van der Waals surface area contributed by atoms with E-state index in [-0.39, 0.29) is 5.69 Å². The number of rotatable bonds is 3. The topological polar surface area (TPSA) is 53.0 Å². The van der Waals surface area contributed by atoms with E-state index in [1.165, 1.54) is 0 Å². The summed E-state index contributed by atoms with van der Waals surface area (Å²) in [6.07, 6.45) is 3.52. The first kappa shape index (κ1) is 10.7. The Morgan fingerprint density at radius 3 is 2.50 bits per heavy atom. The Balaban J connectivity index is 2.27. The quantitative estimate of drug-likeness (QED) is 0.785. The molecule has 2 rings (SSSR count). The molecule has 0 aliphatic rings. The smallest absolute Gasteiger partial charge is 0.328 e. The van der Waals surface area contributed by atoms with Crippen LogP contribution < -0.4 is 5.69 Å². The monoisotopic (exact) mass is 221 g/mol. The molecule has 0 aromatic carbocycles. The SMILES string of the molecule is CCn1ccn(Cc2nc(C)c(C)o2)c1=O. The first-order valence-electron chi connectivity index (χ1n) is 5.30. The number of nitrogens with zero attached hydrogens (tertiary/aromatic N) is 3. The molecule has 0 radical (unpaired) electrons. The Hall–Kier alpha value is -1.78. The summed E-state index contributed by atoms with van der Waals surface area (Å²) in [5.41, 5.74) is 0.842. The highest BCUT2D eigenvalue weighted by molar-refractivity contribution is 5.05. The standard InChI is InChI=1S/C11H15N3O2/c1-4-13-5-6-14(11(13)15)7-10-12-8(2)9(3)16-10/h5-6H,4,7H2,1-3H3. The van der Waals surface area contributed by atoms with Gasteiger partial charge in [-0.3, -0.25) is 9.13 Å². The zero-order valence-electron chi connectivity index (χ0n) is 9.73. The van der Waals surface area contributed by atoms with Crippen LogP contribution in [0.5, 0.6) is 0 Å². The van der Waals surface area contributed by atoms with Gasteiger partial charge in [-0.25, -0.2) is 9.78 Å². The van der Waals surface area contributed by atoms with Crippen LogP contribution >= 0.6 is 0 Å². The third-order valence-corrected chi connectivity index (χ3v) is 2.64. The Morgan fingerprint density at radius 2 is 2.00 bits per heavy atom. The second kappa shape index (κ2) is 4.00. The van der Waals surface area contributed by atoms with Crippen molar-refractivity contribution in [1.82, 2.24) is 14.1 Å². The summed E-state index contributed by atoms with van der Waals surface area (Å²) in [7, 11) is 0. The summed E-state index contributed by atoms with van der Waals surface area (Å²) in [6, 6.07) is 0. The molecule has 0 aliphatic carbocycles. The largest absolute Gasteiger partial charge is 0.444 e. The van der Waals surface area contributed by atoms with E-state index in [1.807, 2.05) is 20.8 Å². The van der Waals surface area contributed by atoms with E-state index in [0.717, 1.165) is 11.5 Å². The van der Waals surface area contributed by atoms with Gasteiger partial charge >= 0.3 is 5.69 Å². The normalized spacial score (nSPS) is 10.9. The minimum absolute atomic E-state index is 0.0315. The summed E-state index contributed by atoms with van der Waals surface area (Å²) >= 11 is 0. The third-order valence-electron chi connectivity index (χ3n) is 2.64. The van der Waals surface area contributed by atoms with Crippen LogP contribution in [0.3, 0.4) is 0 Å². The van der Waals surface area contributed by atoms with E-state index < -0.39 is 0 Å². The van der Waals surface area contributed by atoms with Crippen LogP contribution in [0.1, 0.15) is 24.3 Å². The summed E-state index contributed by atoms with van der Waals surface area (Å²) in [6.45, 7) is 6.76. The maximum absolute atomic E-state index is 11.8. The maximum atomic E-state index is 11.8. The molecule has 0 spiro atoms. The molecule has 0 N–H and O–H groups in total. The number of aromatic nitrogens is 3. The molecule has 16 heavy (non-hydrogen) atoms. The molecule has 0 bridgehead atoms. The number of imidazole rings is 1.